The molecular formula is C16H18O5. The quantitative estimate of drug-likeness (QED) is 0.795. The van der Waals surface area contributed by atoms with E-state index in [0.717, 1.165) is 0 Å². The van der Waals surface area contributed by atoms with Crippen LogP contribution in [-0.2, 0) is 19.9 Å². The van der Waals surface area contributed by atoms with E-state index in [9.17, 15) is 14.7 Å². The highest BCUT2D eigenvalue weighted by atomic mass is 16.6. The molecule has 1 aliphatic heterocycles. The number of ether oxygens (including phenoxy) is 2. The fourth-order valence-electron chi connectivity index (χ4n) is 3.48. The molecule has 1 N–H and O–H groups in total. The van der Waals surface area contributed by atoms with Crippen LogP contribution < -0.4 is 0 Å². The first kappa shape index (κ1) is 14.2. The zero-order chi connectivity index (χ0) is 15.5. The predicted molar refractivity (Wildman–Crippen MR) is 73.8 cm³/mol. The van der Waals surface area contributed by atoms with E-state index in [1.54, 1.807) is 24.3 Å². The number of hydrogen-bond acceptors (Lipinski definition) is 5. The number of esters is 1. The summed E-state index contributed by atoms with van der Waals surface area (Å²) >= 11 is 0. The highest BCUT2D eigenvalue weighted by Crippen LogP contribution is 2.55. The maximum Gasteiger partial charge on any atom is 0.346 e. The number of carbonyl (C=O) groups excluding carboxylic acids is 2. The maximum atomic E-state index is 12.9. The number of carbonyl (C=O) groups is 2. The first-order valence-corrected chi connectivity index (χ1v) is 6.94. The van der Waals surface area contributed by atoms with Gasteiger partial charge in [-0.25, -0.2) is 4.79 Å². The smallest absolute Gasteiger partial charge is 0.346 e. The Morgan fingerprint density at radius 2 is 1.95 bits per heavy atom. The van der Waals surface area contributed by atoms with E-state index in [2.05, 4.69) is 0 Å². The van der Waals surface area contributed by atoms with Gasteiger partial charge in [0, 0.05) is 11.1 Å². The third kappa shape index (κ3) is 1.59. The highest BCUT2D eigenvalue weighted by molar-refractivity contribution is 6.13. The largest absolute Gasteiger partial charge is 0.467 e. The van der Waals surface area contributed by atoms with E-state index in [1.807, 2.05) is 13.8 Å². The molecule has 1 aliphatic carbocycles. The molecule has 1 aromatic carbocycles. The van der Waals surface area contributed by atoms with Crippen LogP contribution >= 0.6 is 0 Å². The van der Waals surface area contributed by atoms with Gasteiger partial charge in [0.15, 0.2) is 11.4 Å². The number of ketones is 1. The monoisotopic (exact) mass is 290 g/mol. The molecular weight excluding hydrogens is 272 g/mol. The van der Waals surface area contributed by atoms with Crippen molar-refractivity contribution in [3.05, 3.63) is 35.4 Å². The van der Waals surface area contributed by atoms with Crippen molar-refractivity contribution in [3.63, 3.8) is 0 Å². The lowest BCUT2D eigenvalue weighted by Crippen LogP contribution is -2.57. The van der Waals surface area contributed by atoms with Crippen molar-refractivity contribution in [2.24, 2.45) is 0 Å². The van der Waals surface area contributed by atoms with Crippen LogP contribution in [0.4, 0.5) is 0 Å². The van der Waals surface area contributed by atoms with Gasteiger partial charge in [-0.1, -0.05) is 24.3 Å². The molecule has 2 atom stereocenters. The van der Waals surface area contributed by atoms with E-state index in [4.69, 9.17) is 9.47 Å². The van der Waals surface area contributed by atoms with Crippen molar-refractivity contribution in [3.8, 4) is 0 Å². The SMILES string of the molecule is COC(=O)[C@]1(O)c2ccccc2C(=O)[C@]12CCC(C)(C)O2. The minimum Gasteiger partial charge on any atom is -0.467 e. The Morgan fingerprint density at radius 3 is 2.52 bits per heavy atom. The van der Waals surface area contributed by atoms with Gasteiger partial charge in [0.2, 0.25) is 5.60 Å². The summed E-state index contributed by atoms with van der Waals surface area (Å²) in [5.74, 6) is -1.21. The third-order valence-corrected chi connectivity index (χ3v) is 4.52. The summed E-state index contributed by atoms with van der Waals surface area (Å²) in [6.45, 7) is 3.69. The summed E-state index contributed by atoms with van der Waals surface area (Å²) in [7, 11) is 1.19. The number of fused-ring (bicyclic) bond motifs is 1. The molecule has 5 heteroatoms. The molecule has 1 saturated heterocycles. The van der Waals surface area contributed by atoms with Gasteiger partial charge in [0.25, 0.3) is 0 Å². The van der Waals surface area contributed by atoms with Crippen molar-refractivity contribution >= 4 is 11.8 Å². The van der Waals surface area contributed by atoms with E-state index in [0.29, 0.717) is 12.0 Å². The molecule has 3 rings (SSSR count). The average Bonchev–Trinajstić information content (AvgIpc) is 2.89. The lowest BCUT2D eigenvalue weighted by Gasteiger charge is -2.37. The molecule has 21 heavy (non-hydrogen) atoms. The molecule has 112 valence electrons. The normalized spacial score (nSPS) is 33.2. The molecule has 0 radical (unpaired) electrons. The minimum absolute atomic E-state index is 0.263. The van der Waals surface area contributed by atoms with Crippen molar-refractivity contribution in [2.45, 2.75) is 43.5 Å². The number of hydrogen-bond donors (Lipinski definition) is 1. The Bertz CT molecular complexity index is 635. The summed E-state index contributed by atoms with van der Waals surface area (Å²) in [4.78, 5) is 25.2. The number of Topliss-reactive ketones (excluding diaryl/α,β-unsaturated/α-hetero) is 1. The Kier molecular flexibility index (Phi) is 2.81. The van der Waals surface area contributed by atoms with Crippen LogP contribution in [0.15, 0.2) is 24.3 Å². The average molecular weight is 290 g/mol. The van der Waals surface area contributed by atoms with Gasteiger partial charge >= 0.3 is 5.97 Å². The van der Waals surface area contributed by atoms with E-state index in [1.165, 1.54) is 7.11 Å². The Balaban J connectivity index is 2.26. The molecule has 0 bridgehead atoms. The van der Waals surface area contributed by atoms with Gasteiger partial charge in [-0.15, -0.1) is 0 Å². The number of rotatable bonds is 1. The highest BCUT2D eigenvalue weighted by Gasteiger charge is 2.72. The van der Waals surface area contributed by atoms with E-state index >= 15 is 0 Å². The summed E-state index contributed by atoms with van der Waals surface area (Å²) in [6, 6.07) is 6.56. The summed E-state index contributed by atoms with van der Waals surface area (Å²) in [5, 5.41) is 11.1. The number of methoxy groups -OCH3 is 1. The number of benzene rings is 1. The van der Waals surface area contributed by atoms with Crippen molar-refractivity contribution in [2.75, 3.05) is 7.11 Å². The topological polar surface area (TPSA) is 72.8 Å². The predicted octanol–water partition coefficient (Wildman–Crippen LogP) is 1.57. The number of aliphatic hydroxyl groups is 1. The fraction of sp³-hybridized carbons (Fsp3) is 0.500. The fourth-order valence-corrected chi connectivity index (χ4v) is 3.48. The maximum absolute atomic E-state index is 12.9. The summed E-state index contributed by atoms with van der Waals surface area (Å²) < 4.78 is 10.7. The van der Waals surface area contributed by atoms with E-state index < -0.39 is 22.8 Å². The Hall–Kier alpha value is -1.72. The lowest BCUT2D eigenvalue weighted by atomic mass is 9.80. The molecule has 1 aromatic rings. The Labute approximate surface area is 122 Å². The van der Waals surface area contributed by atoms with Crippen molar-refractivity contribution in [1.29, 1.82) is 0 Å². The van der Waals surface area contributed by atoms with Crippen LogP contribution in [-0.4, -0.2) is 35.2 Å². The van der Waals surface area contributed by atoms with Crippen LogP contribution in [0.2, 0.25) is 0 Å². The van der Waals surface area contributed by atoms with Crippen molar-refractivity contribution in [1.82, 2.24) is 0 Å². The van der Waals surface area contributed by atoms with Gasteiger partial charge in [-0.2, -0.15) is 0 Å². The van der Waals surface area contributed by atoms with Crippen LogP contribution in [0.25, 0.3) is 0 Å². The molecule has 2 aliphatic rings. The molecule has 0 aromatic heterocycles. The zero-order valence-corrected chi connectivity index (χ0v) is 12.3. The second-order valence-corrected chi connectivity index (χ2v) is 6.27. The first-order chi connectivity index (χ1) is 9.78. The van der Waals surface area contributed by atoms with Gasteiger partial charge < -0.3 is 14.6 Å². The summed E-state index contributed by atoms with van der Waals surface area (Å²) in [6.07, 6.45) is 0.852. The second-order valence-electron chi connectivity index (χ2n) is 6.27. The summed E-state index contributed by atoms with van der Waals surface area (Å²) in [5.41, 5.74) is -3.68. The van der Waals surface area contributed by atoms with E-state index in [-0.39, 0.29) is 17.8 Å². The molecule has 0 amide bonds. The van der Waals surface area contributed by atoms with Crippen LogP contribution in [0.1, 0.15) is 42.6 Å². The molecule has 1 heterocycles. The van der Waals surface area contributed by atoms with Gasteiger partial charge in [-0.3, -0.25) is 4.79 Å². The molecule has 5 nitrogen and oxygen atoms in total. The van der Waals surface area contributed by atoms with Crippen LogP contribution in [0.3, 0.4) is 0 Å². The Morgan fingerprint density at radius 1 is 1.29 bits per heavy atom. The van der Waals surface area contributed by atoms with Crippen LogP contribution in [0.5, 0.6) is 0 Å². The van der Waals surface area contributed by atoms with Gasteiger partial charge in [0.05, 0.1) is 12.7 Å². The third-order valence-electron chi connectivity index (χ3n) is 4.52. The minimum atomic E-state index is -2.09. The zero-order valence-electron chi connectivity index (χ0n) is 12.3. The van der Waals surface area contributed by atoms with Gasteiger partial charge in [0.1, 0.15) is 0 Å². The second kappa shape index (κ2) is 4.15. The lowest BCUT2D eigenvalue weighted by molar-refractivity contribution is -0.200. The molecule has 1 spiro atoms. The molecule has 0 unspecified atom stereocenters. The first-order valence-electron chi connectivity index (χ1n) is 6.94. The standard InChI is InChI=1S/C16H18O5/c1-14(2)8-9-15(21-14)12(17)10-6-4-5-7-11(10)16(15,19)13(18)20-3/h4-7,19H,8-9H2,1-3H3/t15-,16-/m1/s1. The van der Waals surface area contributed by atoms with Crippen molar-refractivity contribution < 1.29 is 24.2 Å². The molecule has 0 saturated carbocycles. The van der Waals surface area contributed by atoms with Crippen LogP contribution in [0, 0.1) is 0 Å². The van der Waals surface area contributed by atoms with Gasteiger partial charge in [-0.05, 0) is 26.7 Å². The molecule has 1 fully saturated rings.